The van der Waals surface area contributed by atoms with Crippen molar-refractivity contribution in [3.8, 4) is 5.82 Å². The van der Waals surface area contributed by atoms with Crippen molar-refractivity contribution in [1.82, 2.24) is 45.4 Å². The fourth-order valence-corrected chi connectivity index (χ4v) is 4.19. The number of benzene rings is 1. The molecule has 0 spiro atoms. The number of hydrazine groups is 1. The van der Waals surface area contributed by atoms with E-state index >= 15 is 0 Å². The van der Waals surface area contributed by atoms with Crippen molar-refractivity contribution in [3.05, 3.63) is 74.4 Å². The maximum atomic E-state index is 13.6. The average Bonchev–Trinajstić information content (AvgIpc) is 3.57. The Morgan fingerprint density at radius 1 is 1.10 bits per heavy atom. The summed E-state index contributed by atoms with van der Waals surface area (Å²) in [5.41, 5.74) is 1.92. The van der Waals surface area contributed by atoms with Gasteiger partial charge >= 0.3 is 12.0 Å². The Kier molecular flexibility index (Phi) is 8.89. The molecule has 3 aromatic heterocycles. The van der Waals surface area contributed by atoms with Crippen molar-refractivity contribution in [2.45, 2.75) is 19.4 Å². The van der Waals surface area contributed by atoms with Gasteiger partial charge < -0.3 is 10.1 Å². The number of anilines is 1. The van der Waals surface area contributed by atoms with Crippen LogP contribution in [0, 0.1) is 0 Å². The number of hydrogen-bond donors (Lipinski definition) is 2. The van der Waals surface area contributed by atoms with Crippen LogP contribution in [0.4, 0.5) is 19.3 Å². The van der Waals surface area contributed by atoms with E-state index < -0.39 is 29.7 Å². The van der Waals surface area contributed by atoms with Crippen LogP contribution in [0.2, 0.25) is 15.1 Å². The highest BCUT2D eigenvalue weighted by molar-refractivity contribution is 6.38. The normalized spacial score (nSPS) is 11.2. The number of pyridine rings is 1. The molecular formula is C23H19Cl3F2N10O4. The number of methoxy groups -OCH3 is 1. The van der Waals surface area contributed by atoms with Crippen LogP contribution >= 0.6 is 34.8 Å². The zero-order chi connectivity index (χ0) is 30.8. The molecule has 220 valence electrons. The average molecular weight is 644 g/mol. The summed E-state index contributed by atoms with van der Waals surface area (Å²) in [5.74, 6) is -5.75. The number of amides is 3. The van der Waals surface area contributed by atoms with Gasteiger partial charge in [0.05, 0.1) is 34.1 Å². The summed E-state index contributed by atoms with van der Waals surface area (Å²) >= 11 is 18.7. The van der Waals surface area contributed by atoms with Crippen LogP contribution < -0.4 is 10.7 Å². The molecule has 1 aromatic carbocycles. The highest BCUT2D eigenvalue weighted by Crippen LogP contribution is 2.31. The largest absolute Gasteiger partial charge is 0.452 e. The van der Waals surface area contributed by atoms with Crippen LogP contribution in [-0.2, 0) is 17.2 Å². The fourth-order valence-electron chi connectivity index (χ4n) is 3.45. The molecule has 2 N–H and O–H groups in total. The van der Waals surface area contributed by atoms with E-state index in [1.807, 2.05) is 0 Å². The summed E-state index contributed by atoms with van der Waals surface area (Å²) in [6, 6.07) is 6.89. The van der Waals surface area contributed by atoms with Crippen molar-refractivity contribution < 1.29 is 27.9 Å². The second-order valence-electron chi connectivity index (χ2n) is 8.51. The van der Waals surface area contributed by atoms with Gasteiger partial charge in [0.25, 0.3) is 11.8 Å². The van der Waals surface area contributed by atoms with E-state index in [0.717, 1.165) is 21.6 Å². The van der Waals surface area contributed by atoms with E-state index in [0.29, 0.717) is 6.92 Å². The Morgan fingerprint density at radius 2 is 1.83 bits per heavy atom. The molecule has 42 heavy (non-hydrogen) atoms. The molecule has 19 heteroatoms. The lowest BCUT2D eigenvalue weighted by molar-refractivity contribution is 0.00737. The molecule has 0 radical (unpaired) electrons. The van der Waals surface area contributed by atoms with E-state index in [1.165, 1.54) is 37.5 Å². The van der Waals surface area contributed by atoms with E-state index in [-0.39, 0.29) is 50.1 Å². The number of rotatable bonds is 7. The first kappa shape index (κ1) is 30.5. The molecule has 0 unspecified atom stereocenters. The maximum Gasteiger partial charge on any atom is 0.428 e. The van der Waals surface area contributed by atoms with Crippen molar-refractivity contribution >= 4 is 58.4 Å². The number of hydrogen-bond acceptors (Lipinski definition) is 9. The lowest BCUT2D eigenvalue weighted by Gasteiger charge is -2.19. The van der Waals surface area contributed by atoms with Crippen LogP contribution in [0.3, 0.4) is 0 Å². The summed E-state index contributed by atoms with van der Waals surface area (Å²) < 4.78 is 32.8. The summed E-state index contributed by atoms with van der Waals surface area (Å²) in [5, 5.41) is 18.3. The molecule has 0 bridgehead atoms. The molecule has 0 fully saturated rings. The summed E-state index contributed by atoms with van der Waals surface area (Å²) in [6.45, 7) is 0.370. The molecule has 0 saturated carbocycles. The zero-order valence-corrected chi connectivity index (χ0v) is 24.0. The molecule has 0 aliphatic heterocycles. The summed E-state index contributed by atoms with van der Waals surface area (Å²) in [6.07, 6.45) is 0.539. The number of ether oxygens (including phenoxy) is 1. The topological polar surface area (TPSA) is 162 Å². The van der Waals surface area contributed by atoms with Gasteiger partial charge in [0.15, 0.2) is 5.82 Å². The number of tetrazole rings is 1. The molecule has 4 rings (SSSR count). The van der Waals surface area contributed by atoms with Gasteiger partial charge in [0.2, 0.25) is 5.82 Å². The Bertz CT molecular complexity index is 1670. The van der Waals surface area contributed by atoms with E-state index in [1.54, 1.807) is 6.07 Å². The van der Waals surface area contributed by atoms with Crippen LogP contribution in [0.1, 0.15) is 39.3 Å². The van der Waals surface area contributed by atoms with Gasteiger partial charge in [-0.05, 0) is 35.5 Å². The van der Waals surface area contributed by atoms with Gasteiger partial charge in [-0.2, -0.15) is 18.7 Å². The molecule has 3 heterocycles. The lowest BCUT2D eigenvalue weighted by Crippen LogP contribution is -2.43. The minimum atomic E-state index is -3.32. The highest BCUT2D eigenvalue weighted by atomic mass is 35.5. The van der Waals surface area contributed by atoms with Crippen molar-refractivity contribution in [2.75, 3.05) is 19.5 Å². The Labute approximate surface area is 250 Å². The van der Waals surface area contributed by atoms with Gasteiger partial charge in [-0.15, -0.1) is 10.2 Å². The second-order valence-corrected chi connectivity index (χ2v) is 9.76. The number of halogens is 5. The van der Waals surface area contributed by atoms with Crippen molar-refractivity contribution in [1.29, 1.82) is 0 Å². The molecule has 0 aliphatic carbocycles. The molecule has 0 saturated heterocycles. The molecular weight excluding hydrogens is 625 g/mol. The standard InChI is InChI=1S/C23H19Cl3F2N10O4/c1-23(27,28)21-31-35-37(34-21)10-12-9-16(38(32-12)18-14(25)5-4-6-29-18)20(40)30-17-13(7-11(24)8-15(17)26)19(39)33-36(2)22(41)42-3/h4-9H,10H2,1-3H3,(H,30,40)(H,33,39). The third-order valence-corrected chi connectivity index (χ3v) is 6.15. The summed E-state index contributed by atoms with van der Waals surface area (Å²) in [4.78, 5) is 43.4. The van der Waals surface area contributed by atoms with Crippen molar-refractivity contribution in [2.24, 2.45) is 0 Å². The number of alkyl halides is 2. The maximum absolute atomic E-state index is 13.6. The van der Waals surface area contributed by atoms with Crippen LogP contribution in [0.15, 0.2) is 36.5 Å². The van der Waals surface area contributed by atoms with Gasteiger partial charge in [-0.25, -0.2) is 19.5 Å². The van der Waals surface area contributed by atoms with Gasteiger partial charge in [-0.1, -0.05) is 34.8 Å². The van der Waals surface area contributed by atoms with Crippen LogP contribution in [-0.4, -0.2) is 72.0 Å². The Balaban J connectivity index is 1.72. The summed E-state index contributed by atoms with van der Waals surface area (Å²) in [7, 11) is 2.36. The third kappa shape index (κ3) is 6.72. The first-order valence-electron chi connectivity index (χ1n) is 11.6. The monoisotopic (exact) mass is 642 g/mol. The number of carbonyl (C=O) groups excluding carboxylic acids is 3. The van der Waals surface area contributed by atoms with E-state index in [2.05, 4.69) is 41.0 Å². The Hall–Kier alpha value is -4.41. The van der Waals surface area contributed by atoms with Crippen LogP contribution in [0.25, 0.3) is 5.82 Å². The number of aromatic nitrogens is 7. The smallest absolute Gasteiger partial charge is 0.428 e. The van der Waals surface area contributed by atoms with E-state index in [9.17, 15) is 23.2 Å². The highest BCUT2D eigenvalue weighted by Gasteiger charge is 2.31. The minimum absolute atomic E-state index is 0.0581. The zero-order valence-electron chi connectivity index (χ0n) is 21.8. The van der Waals surface area contributed by atoms with Crippen molar-refractivity contribution in [3.63, 3.8) is 0 Å². The lowest BCUT2D eigenvalue weighted by atomic mass is 10.1. The fraction of sp³-hybridized carbons (Fsp3) is 0.217. The third-order valence-electron chi connectivity index (χ3n) is 5.34. The molecule has 0 atom stereocenters. The first-order valence-corrected chi connectivity index (χ1v) is 12.7. The molecule has 3 amide bonds. The number of nitrogens with one attached hydrogen (secondary N) is 2. The second kappa shape index (κ2) is 12.2. The quantitative estimate of drug-likeness (QED) is 0.284. The van der Waals surface area contributed by atoms with Gasteiger partial charge in [0.1, 0.15) is 12.2 Å². The Morgan fingerprint density at radius 3 is 2.48 bits per heavy atom. The predicted molar refractivity (Wildman–Crippen MR) is 145 cm³/mol. The van der Waals surface area contributed by atoms with Gasteiger partial charge in [0, 0.05) is 25.2 Å². The molecule has 4 aromatic rings. The number of carbonyl (C=O) groups is 3. The SMILES string of the molecule is COC(=O)N(C)NC(=O)c1cc(Cl)cc(Cl)c1NC(=O)c1cc(Cn2nnc(C(C)(F)F)n2)nn1-c1ncccc1Cl. The first-order chi connectivity index (χ1) is 19.8. The van der Waals surface area contributed by atoms with Crippen LogP contribution in [0.5, 0.6) is 0 Å². The molecule has 14 nitrogen and oxygen atoms in total. The minimum Gasteiger partial charge on any atom is -0.452 e. The predicted octanol–water partition coefficient (Wildman–Crippen LogP) is 3.97. The number of nitrogens with zero attached hydrogens (tertiary/aromatic N) is 8. The molecule has 0 aliphatic rings. The van der Waals surface area contributed by atoms with E-state index in [4.69, 9.17) is 34.8 Å². The van der Waals surface area contributed by atoms with Gasteiger partial charge in [-0.3, -0.25) is 15.0 Å².